The molecule has 3 rings (SSSR count). The number of benzene rings is 1. The summed E-state index contributed by atoms with van der Waals surface area (Å²) < 4.78 is 26.9. The van der Waals surface area contributed by atoms with Crippen LogP contribution in [0.3, 0.4) is 0 Å². The zero-order chi connectivity index (χ0) is 19.8. The molecule has 2 amide bonds. The SMILES string of the molecule is Cc1ccc(-n2ncc(NC(=O)NCC3(C)CCS(=O)(=O)N3C)c2C)cc1. The number of urea groups is 1. The van der Waals surface area contributed by atoms with E-state index in [2.05, 4.69) is 15.7 Å². The van der Waals surface area contributed by atoms with Gasteiger partial charge in [-0.3, -0.25) is 0 Å². The van der Waals surface area contributed by atoms with Gasteiger partial charge >= 0.3 is 6.03 Å². The number of hydrogen-bond donors (Lipinski definition) is 2. The number of likely N-dealkylation sites (N-methyl/N-ethyl adjacent to an activating group) is 1. The van der Waals surface area contributed by atoms with Crippen LogP contribution in [0.1, 0.15) is 24.6 Å². The third-order valence-corrected chi connectivity index (χ3v) is 7.24. The molecule has 146 valence electrons. The van der Waals surface area contributed by atoms with Gasteiger partial charge in [-0.25, -0.2) is 17.9 Å². The first-order valence-electron chi connectivity index (χ1n) is 8.76. The summed E-state index contributed by atoms with van der Waals surface area (Å²) in [4.78, 5) is 12.3. The third kappa shape index (κ3) is 3.84. The van der Waals surface area contributed by atoms with Gasteiger partial charge in [0.2, 0.25) is 10.0 Å². The second-order valence-corrected chi connectivity index (χ2v) is 9.35. The fraction of sp³-hybridized carbons (Fsp3) is 0.444. The Labute approximate surface area is 159 Å². The minimum atomic E-state index is -3.23. The van der Waals surface area contributed by atoms with Gasteiger partial charge in [0.15, 0.2) is 0 Å². The van der Waals surface area contributed by atoms with Gasteiger partial charge in [0.25, 0.3) is 0 Å². The quantitative estimate of drug-likeness (QED) is 0.833. The van der Waals surface area contributed by atoms with Crippen molar-refractivity contribution in [3.63, 3.8) is 0 Å². The first-order chi connectivity index (χ1) is 12.6. The summed E-state index contributed by atoms with van der Waals surface area (Å²) >= 11 is 0. The van der Waals surface area contributed by atoms with Crippen molar-refractivity contribution < 1.29 is 13.2 Å². The highest BCUT2D eigenvalue weighted by molar-refractivity contribution is 7.89. The molecule has 1 aromatic carbocycles. The lowest BCUT2D eigenvalue weighted by Crippen LogP contribution is -2.50. The van der Waals surface area contributed by atoms with E-state index in [-0.39, 0.29) is 18.3 Å². The minimum absolute atomic E-state index is 0.103. The van der Waals surface area contributed by atoms with Crippen LogP contribution < -0.4 is 10.6 Å². The van der Waals surface area contributed by atoms with Crippen molar-refractivity contribution in [3.05, 3.63) is 41.7 Å². The molecule has 8 nitrogen and oxygen atoms in total. The normalized spacial score (nSPS) is 21.9. The number of nitrogens with one attached hydrogen (secondary N) is 2. The molecule has 1 unspecified atom stereocenters. The lowest BCUT2D eigenvalue weighted by Gasteiger charge is -2.30. The predicted octanol–water partition coefficient (Wildman–Crippen LogP) is 2.03. The number of nitrogens with zero attached hydrogens (tertiary/aromatic N) is 3. The molecule has 0 radical (unpaired) electrons. The van der Waals surface area contributed by atoms with Gasteiger partial charge in [-0.1, -0.05) is 17.7 Å². The highest BCUT2D eigenvalue weighted by Gasteiger charge is 2.44. The number of sulfonamides is 1. The summed E-state index contributed by atoms with van der Waals surface area (Å²) in [6.07, 6.45) is 2.08. The number of carbonyl (C=O) groups is 1. The summed E-state index contributed by atoms with van der Waals surface area (Å²) in [6, 6.07) is 7.56. The number of rotatable bonds is 4. The van der Waals surface area contributed by atoms with E-state index in [0.29, 0.717) is 12.1 Å². The maximum atomic E-state index is 12.3. The molecule has 0 saturated carbocycles. The Morgan fingerprint density at radius 2 is 1.93 bits per heavy atom. The Kier molecular flexibility index (Phi) is 5.00. The van der Waals surface area contributed by atoms with Gasteiger partial charge < -0.3 is 10.6 Å². The van der Waals surface area contributed by atoms with Crippen LogP contribution in [0.4, 0.5) is 10.5 Å². The first kappa shape index (κ1) is 19.4. The van der Waals surface area contributed by atoms with E-state index in [1.165, 1.54) is 4.31 Å². The maximum absolute atomic E-state index is 12.3. The van der Waals surface area contributed by atoms with E-state index in [0.717, 1.165) is 16.9 Å². The second kappa shape index (κ2) is 6.97. The summed E-state index contributed by atoms with van der Waals surface area (Å²) in [5.41, 5.74) is 2.87. The monoisotopic (exact) mass is 391 g/mol. The molecule has 1 fully saturated rings. The van der Waals surface area contributed by atoms with Gasteiger partial charge in [-0.15, -0.1) is 0 Å². The van der Waals surface area contributed by atoms with Crippen molar-refractivity contribution in [3.8, 4) is 5.69 Å². The van der Waals surface area contributed by atoms with Crippen molar-refractivity contribution in [2.45, 2.75) is 32.7 Å². The number of aryl methyl sites for hydroxylation is 1. The molecule has 1 aliphatic heterocycles. The average molecular weight is 391 g/mol. The molecule has 9 heteroatoms. The lowest BCUT2D eigenvalue weighted by atomic mass is 9.99. The summed E-state index contributed by atoms with van der Waals surface area (Å²) in [5.74, 6) is 0.103. The van der Waals surface area contributed by atoms with E-state index in [9.17, 15) is 13.2 Å². The van der Waals surface area contributed by atoms with E-state index in [1.807, 2.05) is 45.0 Å². The van der Waals surface area contributed by atoms with Crippen molar-refractivity contribution in [1.82, 2.24) is 19.4 Å². The molecule has 0 spiro atoms. The van der Waals surface area contributed by atoms with Gasteiger partial charge in [0.05, 0.1) is 34.6 Å². The molecule has 27 heavy (non-hydrogen) atoms. The van der Waals surface area contributed by atoms with Crippen molar-refractivity contribution in [2.75, 3.05) is 24.7 Å². The minimum Gasteiger partial charge on any atom is -0.336 e. The van der Waals surface area contributed by atoms with Crippen LogP contribution in [0.25, 0.3) is 5.69 Å². The fourth-order valence-electron chi connectivity index (χ4n) is 3.09. The summed E-state index contributed by atoms with van der Waals surface area (Å²) in [6.45, 7) is 5.96. The number of hydrogen-bond acceptors (Lipinski definition) is 4. The van der Waals surface area contributed by atoms with Crippen LogP contribution in [-0.2, 0) is 10.0 Å². The molecule has 1 aliphatic rings. The number of aromatic nitrogens is 2. The van der Waals surface area contributed by atoms with Crippen molar-refractivity contribution in [1.29, 1.82) is 0 Å². The highest BCUT2D eigenvalue weighted by Crippen LogP contribution is 2.29. The van der Waals surface area contributed by atoms with Gasteiger partial charge in [0, 0.05) is 13.6 Å². The van der Waals surface area contributed by atoms with Crippen LogP contribution in [0.15, 0.2) is 30.5 Å². The molecule has 2 aromatic rings. The van der Waals surface area contributed by atoms with Crippen LogP contribution in [0.5, 0.6) is 0 Å². The van der Waals surface area contributed by atoms with Crippen LogP contribution in [-0.4, -0.2) is 53.4 Å². The van der Waals surface area contributed by atoms with Gasteiger partial charge in [0.1, 0.15) is 0 Å². The second-order valence-electron chi connectivity index (χ2n) is 7.23. The van der Waals surface area contributed by atoms with Gasteiger partial charge in [-0.05, 0) is 39.3 Å². The number of carbonyl (C=O) groups excluding carboxylic acids is 1. The topological polar surface area (TPSA) is 96.3 Å². The molecule has 2 heterocycles. The lowest BCUT2D eigenvalue weighted by molar-refractivity contribution is 0.230. The summed E-state index contributed by atoms with van der Waals surface area (Å²) in [7, 11) is -1.67. The Morgan fingerprint density at radius 3 is 2.52 bits per heavy atom. The standard InChI is InChI=1S/C18H25N5O3S/c1-13-5-7-15(8-6-13)23-14(2)16(11-20-23)21-17(24)19-12-18(3)9-10-27(25,26)22(18)4/h5-8,11H,9-10,12H2,1-4H3,(H2,19,21,24). The molecule has 1 saturated heterocycles. The van der Waals surface area contributed by atoms with E-state index in [4.69, 9.17) is 0 Å². The van der Waals surface area contributed by atoms with Crippen LogP contribution in [0.2, 0.25) is 0 Å². The molecule has 0 bridgehead atoms. The highest BCUT2D eigenvalue weighted by atomic mass is 32.2. The molecule has 0 aliphatic carbocycles. The molecular weight excluding hydrogens is 366 g/mol. The van der Waals surface area contributed by atoms with Crippen molar-refractivity contribution in [2.24, 2.45) is 0 Å². The zero-order valence-electron chi connectivity index (χ0n) is 16.0. The predicted molar refractivity (Wildman–Crippen MR) is 105 cm³/mol. The maximum Gasteiger partial charge on any atom is 0.319 e. The molecule has 2 N–H and O–H groups in total. The molecular formula is C18H25N5O3S. The number of anilines is 1. The smallest absolute Gasteiger partial charge is 0.319 e. The average Bonchev–Trinajstić information content (AvgIpc) is 3.08. The van der Waals surface area contributed by atoms with Crippen LogP contribution in [0, 0.1) is 13.8 Å². The van der Waals surface area contributed by atoms with Crippen LogP contribution >= 0.6 is 0 Å². The Balaban J connectivity index is 1.64. The number of amides is 2. The fourth-order valence-corrected chi connectivity index (χ4v) is 4.89. The molecule has 1 atom stereocenters. The Bertz CT molecular complexity index is 952. The Morgan fingerprint density at radius 1 is 1.26 bits per heavy atom. The first-order valence-corrected chi connectivity index (χ1v) is 10.4. The molecule has 1 aromatic heterocycles. The van der Waals surface area contributed by atoms with E-state index in [1.54, 1.807) is 17.9 Å². The summed E-state index contributed by atoms with van der Waals surface area (Å²) in [5, 5.41) is 9.90. The van der Waals surface area contributed by atoms with E-state index < -0.39 is 15.6 Å². The van der Waals surface area contributed by atoms with Crippen molar-refractivity contribution >= 4 is 21.7 Å². The Hall–Kier alpha value is -2.39. The van der Waals surface area contributed by atoms with E-state index >= 15 is 0 Å². The zero-order valence-corrected chi connectivity index (χ0v) is 16.8. The third-order valence-electron chi connectivity index (χ3n) is 5.24. The van der Waals surface area contributed by atoms with Gasteiger partial charge in [-0.2, -0.15) is 9.40 Å². The largest absolute Gasteiger partial charge is 0.336 e.